The van der Waals surface area contributed by atoms with Crippen LogP contribution in [0.2, 0.25) is 0 Å². The molecule has 0 spiro atoms. The third kappa shape index (κ3) is 61.2. The minimum Gasteiger partial charge on any atom is -1.00 e. The second-order valence-corrected chi connectivity index (χ2v) is 20.3. The maximum atomic E-state index is 2.38. The Kier molecular flexibility index (Phi) is 56.2. The quantitative estimate of drug-likeness (QED) is 0.0424. The first kappa shape index (κ1) is 63.1. The molecule has 0 aromatic heterocycles. The Bertz CT molecular complexity index is 671. The Hall–Kier alpha value is 0.500. The van der Waals surface area contributed by atoms with E-state index in [0.29, 0.717) is 0 Å². The molecule has 0 aliphatic heterocycles. The van der Waals surface area contributed by atoms with Crippen LogP contribution in [0.5, 0.6) is 0 Å². The summed E-state index contributed by atoms with van der Waals surface area (Å²) >= 11 is 0. The van der Waals surface area contributed by atoms with E-state index in [9.17, 15) is 0 Å². The van der Waals surface area contributed by atoms with Crippen LogP contribution in [-0.4, -0.2) is 64.3 Å². The van der Waals surface area contributed by atoms with Crippen LogP contribution in [-0.2, 0) is 0 Å². The van der Waals surface area contributed by atoms with E-state index in [1.54, 1.807) is 0 Å². The van der Waals surface area contributed by atoms with Crippen molar-refractivity contribution in [3.8, 4) is 0 Å². The van der Waals surface area contributed by atoms with Gasteiger partial charge >= 0.3 is 0 Å². The molecule has 4 heteroatoms. The lowest BCUT2D eigenvalue weighted by Gasteiger charge is -2.29. The molecule has 0 fully saturated rings. The van der Waals surface area contributed by atoms with Crippen molar-refractivity contribution in [3.05, 3.63) is 0 Å². The second-order valence-electron chi connectivity index (χ2n) is 20.3. The molecule has 0 aliphatic carbocycles. The molecule has 0 aromatic rings. The predicted octanol–water partition coefficient (Wildman–Crippen LogP) is 11.7. The van der Waals surface area contributed by atoms with E-state index in [4.69, 9.17) is 0 Å². The van der Waals surface area contributed by atoms with Crippen LogP contribution in [0.25, 0.3) is 0 Å². The number of rotatable bonds is 43. The molecule has 344 valence electrons. The van der Waals surface area contributed by atoms with Crippen LogP contribution in [0, 0.1) is 5.92 Å². The van der Waals surface area contributed by atoms with Crippen molar-refractivity contribution < 1.29 is 33.8 Å². The predicted molar refractivity (Wildman–Crippen MR) is 251 cm³/mol. The SMILES string of the molecule is CCCCCCCCCCCCCCC(CCCCCCCCCCCC)C[N+](C)(C)C.CCCCCCCCCCCCCCCCCC[N+](C)(C)C.[Cl-].[Cl-]. The zero-order chi connectivity index (χ0) is 40.3. The Morgan fingerprint density at radius 2 is 0.446 bits per heavy atom. The maximum Gasteiger partial charge on any atom is 0.0809 e. The van der Waals surface area contributed by atoms with E-state index < -0.39 is 0 Å². The Labute approximate surface area is 371 Å². The average Bonchev–Trinajstić information content (AvgIpc) is 3.11. The van der Waals surface area contributed by atoms with Gasteiger partial charge in [-0.1, -0.05) is 252 Å². The van der Waals surface area contributed by atoms with Gasteiger partial charge in [0.2, 0.25) is 0 Å². The van der Waals surface area contributed by atoms with Crippen LogP contribution >= 0.6 is 0 Å². The number of unbranched alkanes of at least 4 members (excludes halogenated alkanes) is 35. The van der Waals surface area contributed by atoms with Crippen molar-refractivity contribution in [2.75, 3.05) is 55.4 Å². The number of hydrogen-bond acceptors (Lipinski definition) is 0. The summed E-state index contributed by atoms with van der Waals surface area (Å²) < 4.78 is 2.26. The standard InChI is InChI=1S/C31H66N.C21H46N.2ClH/c1-6-8-10-12-14-16-18-19-21-23-25-27-29-31(30-32(3,4)5)28-26-24-22-20-17-15-13-11-9-7-2;1-5-6-7-8-9-10-11-12-13-14-15-16-17-18-19-20-21-22(2,3)4;;/h31H,6-30H2,1-5H3;5-21H2,1-4H3;2*1H/q2*+1;;/p-2. The van der Waals surface area contributed by atoms with Gasteiger partial charge in [0.05, 0.1) is 55.4 Å². The molecule has 0 aromatic carbocycles. The number of halogens is 2. The van der Waals surface area contributed by atoms with E-state index in [1.807, 2.05) is 0 Å². The zero-order valence-electron chi connectivity index (χ0n) is 40.9. The van der Waals surface area contributed by atoms with Gasteiger partial charge in [-0.05, 0) is 25.7 Å². The summed E-state index contributed by atoms with van der Waals surface area (Å²) in [5.41, 5.74) is 0. The van der Waals surface area contributed by atoms with Crippen molar-refractivity contribution in [1.82, 2.24) is 0 Å². The Morgan fingerprint density at radius 3 is 0.643 bits per heavy atom. The van der Waals surface area contributed by atoms with Crippen LogP contribution in [0.3, 0.4) is 0 Å². The lowest BCUT2D eigenvalue weighted by atomic mass is 9.93. The van der Waals surface area contributed by atoms with Gasteiger partial charge in [0, 0.05) is 5.92 Å². The van der Waals surface area contributed by atoms with E-state index in [1.165, 1.54) is 270 Å². The molecule has 0 bridgehead atoms. The van der Waals surface area contributed by atoms with E-state index in [0.717, 1.165) is 14.9 Å². The van der Waals surface area contributed by atoms with Gasteiger partial charge in [-0.25, -0.2) is 0 Å². The molecule has 0 heterocycles. The van der Waals surface area contributed by atoms with Crippen LogP contribution < -0.4 is 24.8 Å². The lowest BCUT2D eigenvalue weighted by Crippen LogP contribution is -3.00. The maximum absolute atomic E-state index is 2.38. The monoisotopic (exact) mass is 835 g/mol. The highest BCUT2D eigenvalue weighted by atomic mass is 35.5. The summed E-state index contributed by atoms with van der Waals surface area (Å²) in [6.07, 6.45) is 58.5. The molecule has 1 unspecified atom stereocenters. The molecule has 2 nitrogen and oxygen atoms in total. The molecule has 0 N–H and O–H groups in total. The topological polar surface area (TPSA) is 0 Å². The molecule has 0 saturated carbocycles. The summed E-state index contributed by atoms with van der Waals surface area (Å²) in [5, 5.41) is 0. The van der Waals surface area contributed by atoms with Crippen LogP contribution in [0.15, 0.2) is 0 Å². The minimum atomic E-state index is 0. The molecule has 1 atom stereocenters. The van der Waals surface area contributed by atoms with Crippen molar-refractivity contribution in [2.24, 2.45) is 5.92 Å². The lowest BCUT2D eigenvalue weighted by molar-refractivity contribution is -0.874. The number of quaternary nitrogens is 2. The van der Waals surface area contributed by atoms with Gasteiger partial charge in [0.15, 0.2) is 0 Å². The molecule has 0 saturated heterocycles. The van der Waals surface area contributed by atoms with Crippen molar-refractivity contribution in [1.29, 1.82) is 0 Å². The first-order chi connectivity index (χ1) is 26.1. The van der Waals surface area contributed by atoms with E-state index in [2.05, 4.69) is 63.1 Å². The molecular weight excluding hydrogens is 723 g/mol. The minimum absolute atomic E-state index is 0. The molecule has 0 amide bonds. The third-order valence-electron chi connectivity index (χ3n) is 11.9. The van der Waals surface area contributed by atoms with Crippen molar-refractivity contribution in [3.63, 3.8) is 0 Å². The molecule has 0 rings (SSSR count). The molecular formula is C52H112Cl2N2. The third-order valence-corrected chi connectivity index (χ3v) is 11.9. The summed E-state index contributed by atoms with van der Waals surface area (Å²) in [4.78, 5) is 0. The first-order valence-corrected chi connectivity index (χ1v) is 25.7. The van der Waals surface area contributed by atoms with E-state index >= 15 is 0 Å². The fourth-order valence-electron chi connectivity index (χ4n) is 8.43. The fraction of sp³-hybridized carbons (Fsp3) is 1.00. The van der Waals surface area contributed by atoms with E-state index in [-0.39, 0.29) is 24.8 Å². The fourth-order valence-corrected chi connectivity index (χ4v) is 8.43. The Morgan fingerprint density at radius 1 is 0.250 bits per heavy atom. The van der Waals surface area contributed by atoms with Crippen molar-refractivity contribution >= 4 is 0 Å². The Balaban J connectivity index is -0.000000496. The van der Waals surface area contributed by atoms with Gasteiger partial charge in [-0.15, -0.1) is 0 Å². The van der Waals surface area contributed by atoms with Gasteiger partial charge in [0.1, 0.15) is 0 Å². The summed E-state index contributed by atoms with van der Waals surface area (Å²) in [7, 11) is 14.0. The van der Waals surface area contributed by atoms with Crippen LogP contribution in [0.1, 0.15) is 278 Å². The molecule has 56 heavy (non-hydrogen) atoms. The average molecular weight is 836 g/mol. The summed E-state index contributed by atoms with van der Waals surface area (Å²) in [6, 6.07) is 0. The second kappa shape index (κ2) is 49.9. The summed E-state index contributed by atoms with van der Waals surface area (Å²) in [6.45, 7) is 9.62. The van der Waals surface area contributed by atoms with Crippen LogP contribution in [0.4, 0.5) is 0 Å². The molecule has 0 aliphatic rings. The first-order valence-electron chi connectivity index (χ1n) is 25.7. The van der Waals surface area contributed by atoms with Gasteiger partial charge < -0.3 is 33.8 Å². The smallest absolute Gasteiger partial charge is 0.0809 e. The molecule has 0 radical (unpaired) electrons. The number of hydrogen-bond donors (Lipinski definition) is 0. The van der Waals surface area contributed by atoms with Gasteiger partial charge in [0.25, 0.3) is 0 Å². The van der Waals surface area contributed by atoms with Gasteiger partial charge in [-0.2, -0.15) is 0 Å². The highest BCUT2D eigenvalue weighted by molar-refractivity contribution is 4.61. The van der Waals surface area contributed by atoms with Gasteiger partial charge in [-0.3, -0.25) is 0 Å². The largest absolute Gasteiger partial charge is 1.00 e. The number of nitrogens with zero attached hydrogens (tertiary/aromatic N) is 2. The highest BCUT2D eigenvalue weighted by Crippen LogP contribution is 2.22. The highest BCUT2D eigenvalue weighted by Gasteiger charge is 2.17. The van der Waals surface area contributed by atoms with Crippen molar-refractivity contribution in [2.45, 2.75) is 278 Å². The normalized spacial score (nSPS) is 12.2. The zero-order valence-corrected chi connectivity index (χ0v) is 42.4. The summed E-state index contributed by atoms with van der Waals surface area (Å²) in [5.74, 6) is 0.951.